The molecule has 0 unspecified atom stereocenters. The summed E-state index contributed by atoms with van der Waals surface area (Å²) in [6.45, 7) is 1.88. The maximum Gasteiger partial charge on any atom is 0.219 e. The summed E-state index contributed by atoms with van der Waals surface area (Å²) in [7, 11) is 1.67. The molecule has 0 aliphatic carbocycles. The molecular weight excluding hydrogens is 288 g/mol. The van der Waals surface area contributed by atoms with Crippen molar-refractivity contribution in [1.82, 2.24) is 10.6 Å². The Balaban J connectivity index is 1.98. The summed E-state index contributed by atoms with van der Waals surface area (Å²) in [5.74, 6) is 0.115. The summed E-state index contributed by atoms with van der Waals surface area (Å²) < 4.78 is 1.18. The van der Waals surface area contributed by atoms with E-state index in [1.54, 1.807) is 18.4 Å². The zero-order valence-electron chi connectivity index (χ0n) is 9.38. The molecule has 0 bridgehead atoms. The lowest BCUT2D eigenvalue weighted by Gasteiger charge is -2.03. The Kier molecular flexibility index (Phi) is 6.68. The van der Waals surface area contributed by atoms with E-state index in [-0.39, 0.29) is 5.91 Å². The molecular formula is C11H17BrN2OS. The third-order valence-corrected chi connectivity index (χ3v) is 3.90. The van der Waals surface area contributed by atoms with Gasteiger partial charge in [0.05, 0.1) is 3.79 Å². The number of hydrogen-bond acceptors (Lipinski definition) is 3. The maximum absolute atomic E-state index is 10.9. The van der Waals surface area contributed by atoms with Crippen LogP contribution in [0.4, 0.5) is 0 Å². The first-order valence-corrected chi connectivity index (χ1v) is 6.99. The minimum Gasteiger partial charge on any atom is -0.359 e. The monoisotopic (exact) mass is 304 g/mol. The third kappa shape index (κ3) is 5.63. The van der Waals surface area contributed by atoms with Crippen LogP contribution in [-0.4, -0.2) is 26.0 Å². The maximum atomic E-state index is 10.9. The van der Waals surface area contributed by atoms with Crippen molar-refractivity contribution in [2.75, 3.05) is 20.1 Å². The van der Waals surface area contributed by atoms with Crippen molar-refractivity contribution in [3.05, 3.63) is 20.8 Å². The molecule has 0 aromatic carbocycles. The van der Waals surface area contributed by atoms with Crippen LogP contribution in [0.15, 0.2) is 15.9 Å². The molecule has 0 aliphatic rings. The fourth-order valence-corrected chi connectivity index (χ4v) is 2.80. The number of carbonyl (C=O) groups excluding carboxylic acids is 1. The van der Waals surface area contributed by atoms with Crippen molar-refractivity contribution < 1.29 is 4.79 Å². The smallest absolute Gasteiger partial charge is 0.219 e. The topological polar surface area (TPSA) is 41.1 Å². The summed E-state index contributed by atoms with van der Waals surface area (Å²) in [6, 6.07) is 4.21. The third-order valence-electron chi connectivity index (χ3n) is 2.21. The van der Waals surface area contributed by atoms with Crippen LogP contribution in [0.1, 0.15) is 17.7 Å². The predicted octanol–water partition coefficient (Wildman–Crippen LogP) is 2.17. The van der Waals surface area contributed by atoms with E-state index in [4.69, 9.17) is 0 Å². The molecule has 1 aromatic heterocycles. The number of nitrogens with one attached hydrogen (secondary N) is 2. The first-order valence-electron chi connectivity index (χ1n) is 5.38. The van der Waals surface area contributed by atoms with E-state index in [9.17, 15) is 4.79 Å². The van der Waals surface area contributed by atoms with Gasteiger partial charge in [0.2, 0.25) is 5.91 Å². The second kappa shape index (κ2) is 7.81. The van der Waals surface area contributed by atoms with Crippen molar-refractivity contribution in [3.8, 4) is 0 Å². The summed E-state index contributed by atoms with van der Waals surface area (Å²) >= 11 is 5.22. The van der Waals surface area contributed by atoms with Crippen LogP contribution in [-0.2, 0) is 11.2 Å². The molecule has 2 N–H and O–H groups in total. The molecule has 0 atom stereocenters. The Morgan fingerprint density at radius 2 is 2.25 bits per heavy atom. The average molecular weight is 305 g/mol. The minimum atomic E-state index is 0.115. The lowest BCUT2D eigenvalue weighted by molar-refractivity contribution is -0.120. The molecule has 0 fully saturated rings. The molecule has 1 rings (SSSR count). The summed E-state index contributed by atoms with van der Waals surface area (Å²) in [4.78, 5) is 12.3. The lowest BCUT2D eigenvalue weighted by atomic mass is 10.3. The molecule has 16 heavy (non-hydrogen) atoms. The van der Waals surface area contributed by atoms with Gasteiger partial charge in [-0.25, -0.2) is 0 Å². The predicted molar refractivity (Wildman–Crippen MR) is 71.9 cm³/mol. The van der Waals surface area contributed by atoms with Gasteiger partial charge in [-0.2, -0.15) is 0 Å². The van der Waals surface area contributed by atoms with Crippen LogP contribution in [0, 0.1) is 0 Å². The van der Waals surface area contributed by atoms with Gasteiger partial charge < -0.3 is 10.6 Å². The largest absolute Gasteiger partial charge is 0.359 e. The number of amides is 1. The molecule has 0 saturated heterocycles. The van der Waals surface area contributed by atoms with E-state index in [2.05, 4.69) is 38.7 Å². The molecule has 3 nitrogen and oxygen atoms in total. The Labute approximate surface area is 109 Å². The number of rotatable bonds is 7. The summed E-state index contributed by atoms with van der Waals surface area (Å²) in [5, 5.41) is 5.95. The summed E-state index contributed by atoms with van der Waals surface area (Å²) in [6.07, 6.45) is 2.55. The first-order chi connectivity index (χ1) is 7.72. The normalized spacial score (nSPS) is 10.4. The number of carbonyl (C=O) groups is 1. The van der Waals surface area contributed by atoms with Crippen molar-refractivity contribution in [1.29, 1.82) is 0 Å². The van der Waals surface area contributed by atoms with Gasteiger partial charge in [0.15, 0.2) is 0 Å². The SMILES string of the molecule is CNC(=O)CCCNCCc1ccc(Br)s1. The molecule has 0 aliphatic heterocycles. The Morgan fingerprint density at radius 3 is 2.88 bits per heavy atom. The fraction of sp³-hybridized carbons (Fsp3) is 0.545. The van der Waals surface area contributed by atoms with Crippen molar-refractivity contribution in [2.45, 2.75) is 19.3 Å². The quantitative estimate of drug-likeness (QED) is 0.758. The van der Waals surface area contributed by atoms with E-state index >= 15 is 0 Å². The van der Waals surface area contributed by atoms with E-state index in [0.717, 1.165) is 25.9 Å². The average Bonchev–Trinajstić information content (AvgIpc) is 2.69. The van der Waals surface area contributed by atoms with Gasteiger partial charge >= 0.3 is 0 Å². The van der Waals surface area contributed by atoms with E-state index in [1.807, 2.05) is 0 Å². The standard InChI is InChI=1S/C11H17BrN2OS/c1-13-11(15)3-2-7-14-8-6-9-4-5-10(12)16-9/h4-5,14H,2-3,6-8H2,1H3,(H,13,15). The molecule has 1 heterocycles. The van der Waals surface area contributed by atoms with Gasteiger partial charge in [0, 0.05) is 18.3 Å². The van der Waals surface area contributed by atoms with Crippen molar-refractivity contribution >= 4 is 33.2 Å². The molecule has 1 amide bonds. The molecule has 0 spiro atoms. The molecule has 1 aromatic rings. The number of thiophene rings is 1. The zero-order valence-corrected chi connectivity index (χ0v) is 11.8. The summed E-state index contributed by atoms with van der Waals surface area (Å²) in [5.41, 5.74) is 0. The molecule has 90 valence electrons. The minimum absolute atomic E-state index is 0.115. The lowest BCUT2D eigenvalue weighted by Crippen LogP contribution is -2.22. The van der Waals surface area contributed by atoms with Gasteiger partial charge in [-0.15, -0.1) is 11.3 Å². The van der Waals surface area contributed by atoms with E-state index < -0.39 is 0 Å². The van der Waals surface area contributed by atoms with Gasteiger partial charge in [0.25, 0.3) is 0 Å². The Bertz CT molecular complexity index is 328. The van der Waals surface area contributed by atoms with Crippen LogP contribution in [0.25, 0.3) is 0 Å². The van der Waals surface area contributed by atoms with Crippen LogP contribution in [0.5, 0.6) is 0 Å². The highest BCUT2D eigenvalue weighted by Crippen LogP contribution is 2.21. The molecule has 0 radical (unpaired) electrons. The molecule has 0 saturated carbocycles. The highest BCUT2D eigenvalue weighted by molar-refractivity contribution is 9.11. The fourth-order valence-electron chi connectivity index (χ4n) is 1.32. The van der Waals surface area contributed by atoms with Crippen LogP contribution >= 0.6 is 27.3 Å². The Hall–Kier alpha value is -0.390. The first kappa shape index (κ1) is 13.7. The van der Waals surface area contributed by atoms with Gasteiger partial charge in [-0.1, -0.05) is 0 Å². The van der Waals surface area contributed by atoms with E-state index in [1.165, 1.54) is 8.66 Å². The van der Waals surface area contributed by atoms with Crippen LogP contribution in [0.3, 0.4) is 0 Å². The number of hydrogen-bond donors (Lipinski definition) is 2. The molecule has 5 heteroatoms. The highest BCUT2D eigenvalue weighted by atomic mass is 79.9. The van der Waals surface area contributed by atoms with Crippen molar-refractivity contribution in [2.24, 2.45) is 0 Å². The van der Waals surface area contributed by atoms with Gasteiger partial charge in [0.1, 0.15) is 0 Å². The second-order valence-corrected chi connectivity index (χ2v) is 6.03. The van der Waals surface area contributed by atoms with Crippen LogP contribution < -0.4 is 10.6 Å². The van der Waals surface area contributed by atoms with E-state index in [0.29, 0.717) is 6.42 Å². The van der Waals surface area contributed by atoms with Crippen molar-refractivity contribution in [3.63, 3.8) is 0 Å². The zero-order chi connectivity index (χ0) is 11.8. The van der Waals surface area contributed by atoms with Gasteiger partial charge in [-0.05, 0) is 54.0 Å². The number of halogens is 1. The van der Waals surface area contributed by atoms with Crippen LogP contribution in [0.2, 0.25) is 0 Å². The second-order valence-electron chi connectivity index (χ2n) is 3.48. The highest BCUT2D eigenvalue weighted by Gasteiger charge is 1.98. The Morgan fingerprint density at radius 1 is 1.44 bits per heavy atom. The van der Waals surface area contributed by atoms with Gasteiger partial charge in [-0.3, -0.25) is 4.79 Å².